The van der Waals surface area contributed by atoms with Crippen molar-refractivity contribution >= 4 is 23.6 Å². The summed E-state index contributed by atoms with van der Waals surface area (Å²) in [7, 11) is 0. The molecule has 0 aliphatic rings. The molecule has 0 unspecified atom stereocenters. The fourth-order valence-electron chi connectivity index (χ4n) is 1.59. The molecule has 0 saturated carbocycles. The number of carboxylic acids is 1. The van der Waals surface area contributed by atoms with Gasteiger partial charge in [-0.2, -0.15) is 0 Å². The van der Waals surface area contributed by atoms with Crippen molar-refractivity contribution in [1.82, 2.24) is 0 Å². The maximum atomic E-state index is 10.3. The van der Waals surface area contributed by atoms with Gasteiger partial charge in [-0.15, -0.1) is 0 Å². The van der Waals surface area contributed by atoms with E-state index in [0.717, 1.165) is 17.2 Å². The number of aliphatic carboxylic acids is 1. The number of carbonyl (C=O) groups excluding carboxylic acids is 1. The van der Waals surface area contributed by atoms with Crippen LogP contribution < -0.4 is 9.84 Å². The van der Waals surface area contributed by atoms with Crippen molar-refractivity contribution in [2.75, 3.05) is 0 Å². The number of hydrogen-bond donors (Lipinski definition) is 0. The molecule has 0 N–H and O–H groups in total. The molecule has 0 atom stereocenters. The average Bonchev–Trinajstić information content (AvgIpc) is 2.45. The fourth-order valence-corrected chi connectivity index (χ4v) is 1.71. The molecule has 2 aromatic carbocycles. The van der Waals surface area contributed by atoms with E-state index in [9.17, 15) is 9.90 Å². The van der Waals surface area contributed by atoms with Gasteiger partial charge < -0.3 is 14.6 Å². The first-order chi connectivity index (χ1) is 9.63. The third-order valence-electron chi connectivity index (χ3n) is 2.61. The summed E-state index contributed by atoms with van der Waals surface area (Å²) < 4.78 is 5.62. The normalized spacial score (nSPS) is 10.7. The van der Waals surface area contributed by atoms with Gasteiger partial charge in [0.2, 0.25) is 0 Å². The predicted octanol–water partition coefficient (Wildman–Crippen LogP) is 2.68. The summed E-state index contributed by atoms with van der Waals surface area (Å²) in [6.45, 7) is 0.450. The summed E-state index contributed by atoms with van der Waals surface area (Å²) in [6, 6.07) is 14.5. The van der Waals surface area contributed by atoms with Crippen molar-refractivity contribution in [2.45, 2.75) is 6.61 Å². The first-order valence-electron chi connectivity index (χ1n) is 6.00. The molecule has 3 nitrogen and oxygen atoms in total. The largest absolute Gasteiger partial charge is 0.545 e. The van der Waals surface area contributed by atoms with E-state index >= 15 is 0 Å². The van der Waals surface area contributed by atoms with Gasteiger partial charge in [0.05, 0.1) is 5.97 Å². The van der Waals surface area contributed by atoms with Gasteiger partial charge >= 0.3 is 0 Å². The Bertz CT molecular complexity index is 601. The van der Waals surface area contributed by atoms with Gasteiger partial charge in [0.25, 0.3) is 0 Å². The van der Waals surface area contributed by atoms with Crippen molar-refractivity contribution < 1.29 is 14.6 Å². The zero-order valence-corrected chi connectivity index (χ0v) is 11.3. The smallest absolute Gasteiger partial charge is 0.119 e. The van der Waals surface area contributed by atoms with Crippen LogP contribution in [-0.2, 0) is 11.4 Å². The molecule has 102 valence electrons. The Kier molecular flexibility index (Phi) is 4.80. The topological polar surface area (TPSA) is 49.4 Å². The molecule has 0 aromatic heterocycles. The molecule has 0 amide bonds. The van der Waals surface area contributed by atoms with Crippen LogP contribution in [0.4, 0.5) is 0 Å². The summed E-state index contributed by atoms with van der Waals surface area (Å²) >= 11 is 5.80. The first kappa shape index (κ1) is 14.2. The molecule has 0 fully saturated rings. The molecule has 0 spiro atoms. The van der Waals surface area contributed by atoms with Crippen LogP contribution in [0.5, 0.6) is 5.75 Å². The van der Waals surface area contributed by atoms with Gasteiger partial charge in [-0.25, -0.2) is 0 Å². The van der Waals surface area contributed by atoms with Crippen LogP contribution in [-0.4, -0.2) is 5.97 Å². The highest BCUT2D eigenvalue weighted by Gasteiger charge is 1.96. The highest BCUT2D eigenvalue weighted by atomic mass is 35.5. The van der Waals surface area contributed by atoms with Gasteiger partial charge in [0.1, 0.15) is 12.4 Å². The van der Waals surface area contributed by atoms with Crippen LogP contribution in [0.3, 0.4) is 0 Å². The lowest BCUT2D eigenvalue weighted by atomic mass is 10.2. The van der Waals surface area contributed by atoms with Crippen LogP contribution >= 0.6 is 11.6 Å². The van der Waals surface area contributed by atoms with E-state index in [1.54, 1.807) is 24.3 Å². The number of ether oxygens (including phenoxy) is 1. The molecule has 0 saturated heterocycles. The van der Waals surface area contributed by atoms with Crippen LogP contribution in [0, 0.1) is 0 Å². The highest BCUT2D eigenvalue weighted by molar-refractivity contribution is 6.30. The Labute approximate surface area is 122 Å². The molecule has 0 heterocycles. The van der Waals surface area contributed by atoms with Crippen molar-refractivity contribution in [1.29, 1.82) is 0 Å². The maximum absolute atomic E-state index is 10.3. The molecule has 20 heavy (non-hydrogen) atoms. The summed E-state index contributed by atoms with van der Waals surface area (Å²) in [6.07, 6.45) is 2.46. The van der Waals surface area contributed by atoms with E-state index in [1.165, 1.54) is 6.08 Å². The van der Waals surface area contributed by atoms with Gasteiger partial charge in [0.15, 0.2) is 0 Å². The molecular formula is C16H12ClO3-. The highest BCUT2D eigenvalue weighted by Crippen LogP contribution is 2.16. The predicted molar refractivity (Wildman–Crippen MR) is 76.3 cm³/mol. The lowest BCUT2D eigenvalue weighted by molar-refractivity contribution is -0.297. The van der Waals surface area contributed by atoms with E-state index in [4.69, 9.17) is 16.3 Å². The number of carboxylic acid groups (broad SMARTS) is 1. The summed E-state index contributed by atoms with van der Waals surface area (Å²) in [5.74, 6) is -0.501. The van der Waals surface area contributed by atoms with Crippen LogP contribution in [0.2, 0.25) is 5.02 Å². The second-order valence-corrected chi connectivity index (χ2v) is 4.57. The van der Waals surface area contributed by atoms with Crippen molar-refractivity contribution in [3.05, 3.63) is 70.8 Å². The molecule has 0 aliphatic heterocycles. The Balaban J connectivity index is 1.93. The van der Waals surface area contributed by atoms with Crippen LogP contribution in [0.15, 0.2) is 54.6 Å². The first-order valence-corrected chi connectivity index (χ1v) is 6.37. The Morgan fingerprint density at radius 2 is 1.75 bits per heavy atom. The minimum absolute atomic E-state index is 0.450. The molecule has 0 aliphatic carbocycles. The Hall–Kier alpha value is -2.26. The summed E-state index contributed by atoms with van der Waals surface area (Å²) in [5.41, 5.74) is 1.79. The second kappa shape index (κ2) is 6.78. The minimum Gasteiger partial charge on any atom is -0.545 e. The minimum atomic E-state index is -1.21. The molecule has 4 heteroatoms. The number of rotatable bonds is 5. The van der Waals surface area contributed by atoms with Crippen molar-refractivity contribution in [2.24, 2.45) is 0 Å². The molecule has 2 rings (SSSR count). The Morgan fingerprint density at radius 3 is 2.35 bits per heavy atom. The number of benzene rings is 2. The summed E-state index contributed by atoms with van der Waals surface area (Å²) in [4.78, 5) is 10.3. The van der Waals surface area contributed by atoms with E-state index in [-0.39, 0.29) is 0 Å². The standard InChI is InChI=1S/C16H13ClO3/c17-14-6-1-13(2-7-14)11-20-15-8-3-12(4-9-15)5-10-16(18)19/h1-10H,11H2,(H,18,19)/p-1/b10-5+. The Morgan fingerprint density at radius 1 is 1.10 bits per heavy atom. The molecule has 0 radical (unpaired) electrons. The van der Waals surface area contributed by atoms with E-state index in [2.05, 4.69) is 0 Å². The number of halogens is 1. The van der Waals surface area contributed by atoms with E-state index < -0.39 is 5.97 Å². The average molecular weight is 288 g/mol. The lowest BCUT2D eigenvalue weighted by Gasteiger charge is -2.06. The van der Waals surface area contributed by atoms with Crippen molar-refractivity contribution in [3.63, 3.8) is 0 Å². The van der Waals surface area contributed by atoms with Gasteiger partial charge in [-0.1, -0.05) is 41.9 Å². The van der Waals surface area contributed by atoms with Gasteiger partial charge in [-0.05, 0) is 41.5 Å². The van der Waals surface area contributed by atoms with Crippen molar-refractivity contribution in [3.8, 4) is 5.75 Å². The molecular weight excluding hydrogens is 276 g/mol. The van der Waals surface area contributed by atoms with E-state index in [1.807, 2.05) is 24.3 Å². The van der Waals surface area contributed by atoms with Crippen LogP contribution in [0.1, 0.15) is 11.1 Å². The zero-order chi connectivity index (χ0) is 14.4. The number of hydrogen-bond acceptors (Lipinski definition) is 3. The second-order valence-electron chi connectivity index (χ2n) is 4.14. The number of carbonyl (C=O) groups is 1. The SMILES string of the molecule is O=C([O-])/C=C/c1ccc(OCc2ccc(Cl)cc2)cc1. The van der Waals surface area contributed by atoms with Gasteiger partial charge in [0, 0.05) is 5.02 Å². The fraction of sp³-hybridized carbons (Fsp3) is 0.0625. The van der Waals surface area contributed by atoms with Crippen LogP contribution in [0.25, 0.3) is 6.08 Å². The van der Waals surface area contributed by atoms with Gasteiger partial charge in [-0.3, -0.25) is 0 Å². The molecule has 2 aromatic rings. The zero-order valence-electron chi connectivity index (χ0n) is 10.6. The maximum Gasteiger partial charge on any atom is 0.119 e. The third kappa shape index (κ3) is 4.44. The lowest BCUT2D eigenvalue weighted by Crippen LogP contribution is -2.18. The third-order valence-corrected chi connectivity index (χ3v) is 2.86. The summed E-state index contributed by atoms with van der Waals surface area (Å²) in [5, 5.41) is 11.0. The van der Waals surface area contributed by atoms with E-state index in [0.29, 0.717) is 17.4 Å². The molecule has 0 bridgehead atoms. The monoisotopic (exact) mass is 287 g/mol. The quantitative estimate of drug-likeness (QED) is 0.795.